The summed E-state index contributed by atoms with van der Waals surface area (Å²) in [4.78, 5) is 26.1. The summed E-state index contributed by atoms with van der Waals surface area (Å²) in [6.45, 7) is 5.49. The molecule has 6 nitrogen and oxygen atoms in total. The van der Waals surface area contributed by atoms with Crippen molar-refractivity contribution in [2.45, 2.75) is 57.7 Å². The Morgan fingerprint density at radius 2 is 1.96 bits per heavy atom. The molecule has 0 aliphatic carbocycles. The van der Waals surface area contributed by atoms with Crippen LogP contribution in [-0.2, 0) is 16.1 Å². The van der Waals surface area contributed by atoms with E-state index in [9.17, 15) is 9.59 Å². The molecule has 2 aliphatic heterocycles. The van der Waals surface area contributed by atoms with E-state index in [-0.39, 0.29) is 24.6 Å². The van der Waals surface area contributed by atoms with Gasteiger partial charge in [-0.3, -0.25) is 9.69 Å². The number of imide groups is 1. The van der Waals surface area contributed by atoms with Crippen molar-refractivity contribution in [3.05, 3.63) is 29.8 Å². The van der Waals surface area contributed by atoms with E-state index in [0.29, 0.717) is 19.4 Å². The summed E-state index contributed by atoms with van der Waals surface area (Å²) in [5.41, 5.74) is 0.150. The zero-order valence-corrected chi connectivity index (χ0v) is 14.9. The molecule has 25 heavy (non-hydrogen) atoms. The number of amides is 3. The molecular weight excluding hydrogens is 320 g/mol. The molecule has 1 aromatic carbocycles. The standard InChI is InChI=1S/C19H26N2O4/c1-3-19(4-2)17(22)21(18(23)20-19)12-14-7-9-15(10-8-14)25-13-16-6-5-11-24-16/h7-10,16H,3-6,11-13H2,1-2H3,(H,20,23). The van der Waals surface area contributed by atoms with Crippen molar-refractivity contribution in [1.82, 2.24) is 10.2 Å². The number of nitrogens with zero attached hydrogens (tertiary/aromatic N) is 1. The summed E-state index contributed by atoms with van der Waals surface area (Å²) >= 11 is 0. The molecule has 2 fully saturated rings. The first-order valence-electron chi connectivity index (χ1n) is 9.05. The van der Waals surface area contributed by atoms with Gasteiger partial charge in [-0.2, -0.15) is 0 Å². The van der Waals surface area contributed by atoms with Crippen molar-refractivity contribution < 1.29 is 19.1 Å². The number of urea groups is 1. The molecule has 2 aliphatic rings. The Labute approximate surface area is 148 Å². The van der Waals surface area contributed by atoms with Gasteiger partial charge >= 0.3 is 6.03 Å². The molecule has 2 heterocycles. The topological polar surface area (TPSA) is 67.9 Å². The van der Waals surface area contributed by atoms with Gasteiger partial charge in [0.25, 0.3) is 5.91 Å². The minimum atomic E-state index is -0.749. The molecule has 6 heteroatoms. The minimum Gasteiger partial charge on any atom is -0.491 e. The van der Waals surface area contributed by atoms with Crippen LogP contribution >= 0.6 is 0 Å². The normalized spacial score (nSPS) is 22.3. The maximum absolute atomic E-state index is 12.6. The Kier molecular flexibility index (Phi) is 5.27. The predicted octanol–water partition coefficient (Wildman–Crippen LogP) is 2.86. The zero-order chi connectivity index (χ0) is 17.9. The van der Waals surface area contributed by atoms with Crippen LogP contribution in [0.15, 0.2) is 24.3 Å². The van der Waals surface area contributed by atoms with E-state index in [0.717, 1.165) is 30.8 Å². The van der Waals surface area contributed by atoms with Gasteiger partial charge in [0.2, 0.25) is 0 Å². The van der Waals surface area contributed by atoms with Gasteiger partial charge in [0.1, 0.15) is 17.9 Å². The molecule has 0 spiro atoms. The van der Waals surface area contributed by atoms with Gasteiger partial charge < -0.3 is 14.8 Å². The van der Waals surface area contributed by atoms with Crippen LogP contribution in [0.3, 0.4) is 0 Å². The lowest BCUT2D eigenvalue weighted by atomic mass is 9.93. The van der Waals surface area contributed by atoms with E-state index in [4.69, 9.17) is 9.47 Å². The van der Waals surface area contributed by atoms with Crippen molar-refractivity contribution in [3.8, 4) is 5.75 Å². The van der Waals surface area contributed by atoms with Crippen molar-refractivity contribution in [1.29, 1.82) is 0 Å². The fraction of sp³-hybridized carbons (Fsp3) is 0.579. The Morgan fingerprint density at radius 3 is 2.52 bits per heavy atom. The third-order valence-electron chi connectivity index (χ3n) is 5.18. The van der Waals surface area contributed by atoms with Gasteiger partial charge in [0.15, 0.2) is 0 Å². The third-order valence-corrected chi connectivity index (χ3v) is 5.18. The van der Waals surface area contributed by atoms with E-state index < -0.39 is 5.54 Å². The van der Waals surface area contributed by atoms with E-state index in [1.165, 1.54) is 4.90 Å². The van der Waals surface area contributed by atoms with E-state index in [1.54, 1.807) is 0 Å². The first-order valence-corrected chi connectivity index (χ1v) is 9.05. The number of hydrogen-bond donors (Lipinski definition) is 1. The lowest BCUT2D eigenvalue weighted by Crippen LogP contribution is -2.45. The van der Waals surface area contributed by atoms with Crippen LogP contribution in [0.4, 0.5) is 4.79 Å². The number of benzene rings is 1. The number of ether oxygens (including phenoxy) is 2. The van der Waals surface area contributed by atoms with Gasteiger partial charge in [-0.05, 0) is 43.4 Å². The fourth-order valence-electron chi connectivity index (χ4n) is 3.39. The lowest BCUT2D eigenvalue weighted by Gasteiger charge is -2.23. The number of carbonyl (C=O) groups excluding carboxylic acids is 2. The van der Waals surface area contributed by atoms with E-state index in [1.807, 2.05) is 38.1 Å². The largest absolute Gasteiger partial charge is 0.491 e. The van der Waals surface area contributed by atoms with Crippen LogP contribution in [0.1, 0.15) is 45.1 Å². The molecule has 2 saturated heterocycles. The van der Waals surface area contributed by atoms with Crippen molar-refractivity contribution in [3.63, 3.8) is 0 Å². The highest BCUT2D eigenvalue weighted by Crippen LogP contribution is 2.26. The van der Waals surface area contributed by atoms with Gasteiger partial charge in [0.05, 0.1) is 12.6 Å². The molecule has 1 aromatic rings. The number of carbonyl (C=O) groups is 2. The van der Waals surface area contributed by atoms with Crippen LogP contribution in [0, 0.1) is 0 Å². The van der Waals surface area contributed by atoms with Crippen LogP contribution < -0.4 is 10.1 Å². The molecule has 0 bridgehead atoms. The van der Waals surface area contributed by atoms with Gasteiger partial charge in [-0.1, -0.05) is 26.0 Å². The first kappa shape index (κ1) is 17.7. The number of hydrogen-bond acceptors (Lipinski definition) is 4. The average Bonchev–Trinajstić information content (AvgIpc) is 3.23. The Morgan fingerprint density at radius 1 is 1.24 bits per heavy atom. The maximum atomic E-state index is 12.6. The summed E-state index contributed by atoms with van der Waals surface area (Å²) in [7, 11) is 0. The second kappa shape index (κ2) is 7.44. The van der Waals surface area contributed by atoms with Crippen molar-refractivity contribution in [2.75, 3.05) is 13.2 Å². The highest BCUT2D eigenvalue weighted by molar-refractivity contribution is 6.06. The predicted molar refractivity (Wildman–Crippen MR) is 93.3 cm³/mol. The van der Waals surface area contributed by atoms with Crippen LogP contribution in [0.5, 0.6) is 5.75 Å². The van der Waals surface area contributed by atoms with Crippen LogP contribution in [0.25, 0.3) is 0 Å². The average molecular weight is 346 g/mol. The van der Waals surface area contributed by atoms with Crippen molar-refractivity contribution in [2.24, 2.45) is 0 Å². The highest BCUT2D eigenvalue weighted by atomic mass is 16.5. The minimum absolute atomic E-state index is 0.138. The highest BCUT2D eigenvalue weighted by Gasteiger charge is 2.48. The molecule has 136 valence electrons. The number of rotatable bonds is 7. The monoisotopic (exact) mass is 346 g/mol. The maximum Gasteiger partial charge on any atom is 0.325 e. The molecule has 0 saturated carbocycles. The molecule has 1 N–H and O–H groups in total. The Balaban J connectivity index is 1.59. The molecule has 0 radical (unpaired) electrons. The summed E-state index contributed by atoms with van der Waals surface area (Å²) in [6, 6.07) is 7.21. The summed E-state index contributed by atoms with van der Waals surface area (Å²) in [5.74, 6) is 0.633. The third kappa shape index (κ3) is 3.63. The van der Waals surface area contributed by atoms with Gasteiger partial charge in [-0.25, -0.2) is 4.79 Å². The second-order valence-electron chi connectivity index (χ2n) is 6.70. The summed E-state index contributed by atoms with van der Waals surface area (Å²) < 4.78 is 11.3. The first-order chi connectivity index (χ1) is 12.1. The van der Waals surface area contributed by atoms with Crippen LogP contribution in [0.2, 0.25) is 0 Å². The zero-order valence-electron chi connectivity index (χ0n) is 14.9. The molecule has 1 unspecified atom stereocenters. The quantitative estimate of drug-likeness (QED) is 0.771. The van der Waals surface area contributed by atoms with Gasteiger partial charge in [-0.15, -0.1) is 0 Å². The van der Waals surface area contributed by atoms with E-state index in [2.05, 4.69) is 5.32 Å². The molecule has 3 rings (SSSR count). The Hall–Kier alpha value is -2.08. The summed E-state index contributed by atoms with van der Waals surface area (Å²) in [6.07, 6.45) is 3.51. The molecule has 3 amide bonds. The van der Waals surface area contributed by atoms with Gasteiger partial charge in [0, 0.05) is 6.61 Å². The van der Waals surface area contributed by atoms with Crippen molar-refractivity contribution >= 4 is 11.9 Å². The fourth-order valence-corrected chi connectivity index (χ4v) is 3.39. The number of nitrogens with one attached hydrogen (secondary N) is 1. The summed E-state index contributed by atoms with van der Waals surface area (Å²) in [5, 5.41) is 2.85. The SMILES string of the molecule is CCC1(CC)NC(=O)N(Cc2ccc(OCC3CCCO3)cc2)C1=O. The molecular formula is C19H26N2O4. The lowest BCUT2D eigenvalue weighted by molar-refractivity contribution is -0.132. The molecule has 0 aromatic heterocycles. The smallest absolute Gasteiger partial charge is 0.325 e. The Bertz CT molecular complexity index is 619. The second-order valence-corrected chi connectivity index (χ2v) is 6.70. The van der Waals surface area contributed by atoms with Crippen LogP contribution in [-0.4, -0.2) is 41.7 Å². The van der Waals surface area contributed by atoms with E-state index >= 15 is 0 Å². The molecule has 1 atom stereocenters.